The van der Waals surface area contributed by atoms with Crippen molar-refractivity contribution in [2.75, 3.05) is 11.9 Å². The highest BCUT2D eigenvalue weighted by Gasteiger charge is 2.30. The molecule has 2 nitrogen and oxygen atoms in total. The van der Waals surface area contributed by atoms with Gasteiger partial charge in [-0.25, -0.2) is 4.98 Å². The molecule has 19 heavy (non-hydrogen) atoms. The van der Waals surface area contributed by atoms with Gasteiger partial charge in [-0.2, -0.15) is 13.2 Å². The van der Waals surface area contributed by atoms with E-state index in [1.54, 1.807) is 0 Å². The molecule has 2 rings (SSSR count). The maximum absolute atomic E-state index is 12.5. The summed E-state index contributed by atoms with van der Waals surface area (Å²) in [6.45, 7) is 0.625. The molecule has 1 aliphatic carbocycles. The Kier molecular flexibility index (Phi) is 4.45. The molecule has 104 valence electrons. The number of aromatic nitrogens is 1. The second kappa shape index (κ2) is 6.08. The number of pyridine rings is 1. The Labute approximate surface area is 110 Å². The van der Waals surface area contributed by atoms with Crippen molar-refractivity contribution in [1.82, 2.24) is 4.98 Å². The fourth-order valence-electron chi connectivity index (χ4n) is 2.19. The first-order valence-electron chi connectivity index (χ1n) is 6.51. The quantitative estimate of drug-likeness (QED) is 0.820. The van der Waals surface area contributed by atoms with Crippen LogP contribution in [0.2, 0.25) is 0 Å². The van der Waals surface area contributed by atoms with Gasteiger partial charge in [0.2, 0.25) is 0 Å². The minimum absolute atomic E-state index is 0.284. The lowest BCUT2D eigenvalue weighted by molar-refractivity contribution is -0.137. The minimum Gasteiger partial charge on any atom is -0.370 e. The summed E-state index contributed by atoms with van der Waals surface area (Å²) >= 11 is 0. The summed E-state index contributed by atoms with van der Waals surface area (Å²) in [5.41, 5.74) is 0.729. The van der Waals surface area contributed by atoms with E-state index < -0.39 is 11.7 Å². The van der Waals surface area contributed by atoms with Gasteiger partial charge in [0.1, 0.15) is 5.82 Å². The van der Waals surface area contributed by atoms with E-state index in [1.165, 1.54) is 24.6 Å². The highest BCUT2D eigenvalue weighted by atomic mass is 19.4. The second-order valence-corrected chi connectivity index (χ2v) is 4.71. The topological polar surface area (TPSA) is 24.9 Å². The van der Waals surface area contributed by atoms with Crippen molar-refractivity contribution >= 4 is 5.82 Å². The molecular formula is C14H17F3N2. The van der Waals surface area contributed by atoms with Crippen LogP contribution in [-0.2, 0) is 6.18 Å². The Bertz CT molecular complexity index is 452. The van der Waals surface area contributed by atoms with Gasteiger partial charge in [-0.15, -0.1) is 0 Å². The Balaban J connectivity index is 1.87. The molecule has 5 heteroatoms. The Morgan fingerprint density at radius 1 is 1.26 bits per heavy atom. The van der Waals surface area contributed by atoms with Crippen LogP contribution in [-0.4, -0.2) is 11.5 Å². The number of anilines is 1. The van der Waals surface area contributed by atoms with Crippen LogP contribution in [0.15, 0.2) is 30.0 Å². The van der Waals surface area contributed by atoms with Crippen molar-refractivity contribution in [1.29, 1.82) is 0 Å². The molecule has 0 atom stereocenters. The van der Waals surface area contributed by atoms with Gasteiger partial charge in [-0.3, -0.25) is 0 Å². The number of hydrogen-bond acceptors (Lipinski definition) is 2. The van der Waals surface area contributed by atoms with Crippen molar-refractivity contribution in [3.05, 3.63) is 35.5 Å². The van der Waals surface area contributed by atoms with Crippen molar-refractivity contribution in [2.24, 2.45) is 0 Å². The standard InChI is InChI=1S/C14H17F3N2/c15-14(16,17)12-7-9-19-13(10-12)18-8-6-11-4-2-1-3-5-11/h4,7,9-10H,1-3,5-6,8H2,(H,18,19). The molecule has 1 aromatic rings. The van der Waals surface area contributed by atoms with Gasteiger partial charge in [0, 0.05) is 12.7 Å². The molecule has 0 saturated carbocycles. The predicted molar refractivity (Wildman–Crippen MR) is 68.9 cm³/mol. The van der Waals surface area contributed by atoms with Crippen LogP contribution in [0.25, 0.3) is 0 Å². The molecule has 0 fully saturated rings. The number of allylic oxidation sites excluding steroid dienone is 1. The van der Waals surface area contributed by atoms with Gasteiger partial charge in [-0.05, 0) is 44.2 Å². The molecule has 1 aliphatic rings. The van der Waals surface area contributed by atoms with Crippen LogP contribution in [0.1, 0.15) is 37.7 Å². The average Bonchev–Trinajstić information content (AvgIpc) is 2.39. The van der Waals surface area contributed by atoms with E-state index in [-0.39, 0.29) is 5.82 Å². The van der Waals surface area contributed by atoms with Gasteiger partial charge >= 0.3 is 6.18 Å². The van der Waals surface area contributed by atoms with Gasteiger partial charge in [-0.1, -0.05) is 11.6 Å². The number of nitrogens with zero attached hydrogens (tertiary/aromatic N) is 1. The zero-order chi connectivity index (χ0) is 13.7. The maximum Gasteiger partial charge on any atom is 0.416 e. The second-order valence-electron chi connectivity index (χ2n) is 4.71. The molecule has 0 spiro atoms. The fraction of sp³-hybridized carbons (Fsp3) is 0.500. The first-order chi connectivity index (χ1) is 9.05. The first-order valence-corrected chi connectivity index (χ1v) is 6.51. The third-order valence-electron chi connectivity index (χ3n) is 3.22. The van der Waals surface area contributed by atoms with Gasteiger partial charge in [0.15, 0.2) is 0 Å². The molecule has 0 radical (unpaired) electrons. The number of halogens is 3. The molecule has 1 N–H and O–H groups in total. The molecule has 1 aromatic heterocycles. The van der Waals surface area contributed by atoms with E-state index in [4.69, 9.17) is 0 Å². The third-order valence-corrected chi connectivity index (χ3v) is 3.22. The molecule has 1 heterocycles. The predicted octanol–water partition coefficient (Wildman–Crippen LogP) is 4.40. The summed E-state index contributed by atoms with van der Waals surface area (Å²) in [5.74, 6) is 0.284. The Morgan fingerprint density at radius 2 is 2.11 bits per heavy atom. The lowest BCUT2D eigenvalue weighted by Crippen LogP contribution is -2.09. The number of hydrogen-bond donors (Lipinski definition) is 1. The minimum atomic E-state index is -4.31. The monoisotopic (exact) mass is 270 g/mol. The highest BCUT2D eigenvalue weighted by molar-refractivity contribution is 5.38. The van der Waals surface area contributed by atoms with Crippen LogP contribution >= 0.6 is 0 Å². The molecule has 0 saturated heterocycles. The summed E-state index contributed by atoms with van der Waals surface area (Å²) in [6, 6.07) is 2.03. The lowest BCUT2D eigenvalue weighted by Gasteiger charge is -2.13. The molecule has 0 bridgehead atoms. The van der Waals surface area contributed by atoms with Gasteiger partial charge in [0.25, 0.3) is 0 Å². The van der Waals surface area contributed by atoms with Crippen LogP contribution in [0.4, 0.5) is 19.0 Å². The van der Waals surface area contributed by atoms with Crippen LogP contribution in [0.3, 0.4) is 0 Å². The fourth-order valence-corrected chi connectivity index (χ4v) is 2.19. The van der Waals surface area contributed by atoms with E-state index in [0.29, 0.717) is 6.54 Å². The van der Waals surface area contributed by atoms with Gasteiger partial charge < -0.3 is 5.32 Å². The summed E-state index contributed by atoms with van der Waals surface area (Å²) in [6.07, 6.45) is 4.67. The number of nitrogens with one attached hydrogen (secondary N) is 1. The van der Waals surface area contributed by atoms with Crippen molar-refractivity contribution in [2.45, 2.75) is 38.3 Å². The van der Waals surface area contributed by atoms with Gasteiger partial charge in [0.05, 0.1) is 5.56 Å². The largest absolute Gasteiger partial charge is 0.416 e. The summed E-state index contributed by atoms with van der Waals surface area (Å²) in [7, 11) is 0. The summed E-state index contributed by atoms with van der Waals surface area (Å²) < 4.78 is 37.5. The van der Waals surface area contributed by atoms with Crippen LogP contribution in [0.5, 0.6) is 0 Å². The smallest absolute Gasteiger partial charge is 0.370 e. The Morgan fingerprint density at radius 3 is 2.79 bits per heavy atom. The summed E-state index contributed by atoms with van der Waals surface area (Å²) in [5, 5.41) is 2.95. The SMILES string of the molecule is FC(F)(F)c1ccnc(NCCC2=CCCCC2)c1. The zero-order valence-corrected chi connectivity index (χ0v) is 10.6. The molecular weight excluding hydrogens is 253 g/mol. The third kappa shape index (κ3) is 4.26. The van der Waals surface area contributed by atoms with E-state index >= 15 is 0 Å². The Hall–Kier alpha value is -1.52. The van der Waals surface area contributed by atoms with E-state index in [9.17, 15) is 13.2 Å². The lowest BCUT2D eigenvalue weighted by atomic mass is 9.97. The molecule has 0 aliphatic heterocycles. The van der Waals surface area contributed by atoms with Crippen molar-refractivity contribution < 1.29 is 13.2 Å². The zero-order valence-electron chi connectivity index (χ0n) is 10.6. The van der Waals surface area contributed by atoms with Crippen LogP contribution < -0.4 is 5.32 Å². The number of rotatable bonds is 4. The van der Waals surface area contributed by atoms with E-state index in [1.807, 2.05) is 0 Å². The van der Waals surface area contributed by atoms with Crippen molar-refractivity contribution in [3.63, 3.8) is 0 Å². The average molecular weight is 270 g/mol. The molecule has 0 amide bonds. The van der Waals surface area contributed by atoms with E-state index in [2.05, 4.69) is 16.4 Å². The maximum atomic E-state index is 12.5. The van der Waals surface area contributed by atoms with Crippen LogP contribution in [0, 0.1) is 0 Å². The molecule has 0 aromatic carbocycles. The highest BCUT2D eigenvalue weighted by Crippen LogP contribution is 2.30. The first kappa shape index (κ1) is 13.9. The van der Waals surface area contributed by atoms with E-state index in [0.717, 1.165) is 31.4 Å². The summed E-state index contributed by atoms with van der Waals surface area (Å²) in [4.78, 5) is 3.90. The normalized spacial score (nSPS) is 16.1. The molecule has 0 unspecified atom stereocenters. The van der Waals surface area contributed by atoms with Crippen molar-refractivity contribution in [3.8, 4) is 0 Å². The number of alkyl halides is 3.